The minimum Gasteiger partial charge on any atom is -0.497 e. The number of hydrogen-bond acceptors (Lipinski definition) is 3. The standard InChI is InChI=1S/C14H22N2O/c1-15-14(8-5-9-16(2)11-14)12-6-4-7-13(10-12)17-3/h4,6-7,10,15H,5,8-9,11H2,1-3H3. The molecule has 0 radical (unpaired) electrons. The van der Waals surface area contributed by atoms with Gasteiger partial charge in [-0.15, -0.1) is 0 Å². The van der Waals surface area contributed by atoms with Crippen LogP contribution in [0.2, 0.25) is 0 Å². The Labute approximate surface area is 104 Å². The number of methoxy groups -OCH3 is 1. The van der Waals surface area contributed by atoms with Crippen molar-refractivity contribution in [1.82, 2.24) is 10.2 Å². The van der Waals surface area contributed by atoms with E-state index in [1.54, 1.807) is 7.11 Å². The maximum absolute atomic E-state index is 5.32. The molecule has 1 saturated heterocycles. The Balaban J connectivity index is 2.32. The molecule has 0 amide bonds. The van der Waals surface area contributed by atoms with Gasteiger partial charge in [-0.3, -0.25) is 0 Å². The quantitative estimate of drug-likeness (QED) is 0.863. The van der Waals surface area contributed by atoms with Crippen LogP contribution in [0.15, 0.2) is 24.3 Å². The van der Waals surface area contributed by atoms with Crippen LogP contribution >= 0.6 is 0 Å². The number of likely N-dealkylation sites (N-methyl/N-ethyl adjacent to an activating group) is 2. The number of piperidine rings is 1. The largest absolute Gasteiger partial charge is 0.497 e. The van der Waals surface area contributed by atoms with E-state index < -0.39 is 0 Å². The second-order valence-electron chi connectivity index (χ2n) is 4.91. The summed E-state index contributed by atoms with van der Waals surface area (Å²) in [5, 5.41) is 3.52. The molecule has 1 aliphatic rings. The van der Waals surface area contributed by atoms with Crippen LogP contribution in [0.5, 0.6) is 5.75 Å². The van der Waals surface area contributed by atoms with E-state index in [0.717, 1.165) is 12.3 Å². The lowest BCUT2D eigenvalue weighted by atomic mass is 9.82. The average Bonchev–Trinajstić information content (AvgIpc) is 2.38. The van der Waals surface area contributed by atoms with Crippen molar-refractivity contribution in [3.8, 4) is 5.75 Å². The predicted octanol–water partition coefficient (Wildman–Crippen LogP) is 1.84. The van der Waals surface area contributed by atoms with Crippen LogP contribution in [-0.2, 0) is 5.54 Å². The SMILES string of the molecule is CNC1(c2cccc(OC)c2)CCCN(C)C1. The highest BCUT2D eigenvalue weighted by Crippen LogP contribution is 2.32. The van der Waals surface area contributed by atoms with Crippen LogP contribution < -0.4 is 10.1 Å². The van der Waals surface area contributed by atoms with Crippen LogP contribution in [0, 0.1) is 0 Å². The van der Waals surface area contributed by atoms with Gasteiger partial charge in [-0.25, -0.2) is 0 Å². The van der Waals surface area contributed by atoms with Gasteiger partial charge in [-0.1, -0.05) is 12.1 Å². The van der Waals surface area contributed by atoms with Gasteiger partial charge in [0.2, 0.25) is 0 Å². The first-order valence-electron chi connectivity index (χ1n) is 6.22. The first-order valence-corrected chi connectivity index (χ1v) is 6.22. The molecule has 3 heteroatoms. The maximum Gasteiger partial charge on any atom is 0.119 e. The lowest BCUT2D eigenvalue weighted by Crippen LogP contribution is -2.52. The Morgan fingerprint density at radius 2 is 2.24 bits per heavy atom. The second kappa shape index (κ2) is 5.07. The second-order valence-corrected chi connectivity index (χ2v) is 4.91. The summed E-state index contributed by atoms with van der Waals surface area (Å²) in [6, 6.07) is 8.41. The lowest BCUT2D eigenvalue weighted by Gasteiger charge is -2.42. The fourth-order valence-electron chi connectivity index (χ4n) is 2.77. The lowest BCUT2D eigenvalue weighted by molar-refractivity contribution is 0.151. The zero-order valence-corrected chi connectivity index (χ0v) is 11.0. The topological polar surface area (TPSA) is 24.5 Å². The molecule has 1 fully saturated rings. The average molecular weight is 234 g/mol. The zero-order valence-electron chi connectivity index (χ0n) is 11.0. The Hall–Kier alpha value is -1.06. The molecule has 0 aliphatic carbocycles. The van der Waals surface area contributed by atoms with E-state index in [2.05, 4.69) is 42.5 Å². The van der Waals surface area contributed by atoms with Gasteiger partial charge in [0.15, 0.2) is 0 Å². The Bertz CT molecular complexity index is 380. The molecule has 1 unspecified atom stereocenters. The third-order valence-corrected chi connectivity index (χ3v) is 3.78. The number of ether oxygens (including phenoxy) is 1. The summed E-state index contributed by atoms with van der Waals surface area (Å²) < 4.78 is 5.32. The third kappa shape index (κ3) is 2.45. The minimum atomic E-state index is 0.0710. The first-order chi connectivity index (χ1) is 8.20. The van der Waals surface area contributed by atoms with E-state index in [-0.39, 0.29) is 5.54 Å². The van der Waals surface area contributed by atoms with Crippen LogP contribution in [0.25, 0.3) is 0 Å². The van der Waals surface area contributed by atoms with E-state index in [1.807, 2.05) is 6.07 Å². The highest BCUT2D eigenvalue weighted by molar-refractivity contribution is 5.34. The van der Waals surface area contributed by atoms with Crippen molar-refractivity contribution in [2.75, 3.05) is 34.3 Å². The molecule has 1 aliphatic heterocycles. The van der Waals surface area contributed by atoms with Gasteiger partial charge in [-0.05, 0) is 51.2 Å². The van der Waals surface area contributed by atoms with Crippen LogP contribution in [0.1, 0.15) is 18.4 Å². The number of likely N-dealkylation sites (tertiary alicyclic amines) is 1. The smallest absolute Gasteiger partial charge is 0.119 e. The van der Waals surface area contributed by atoms with Crippen molar-refractivity contribution >= 4 is 0 Å². The van der Waals surface area contributed by atoms with Gasteiger partial charge < -0.3 is 15.0 Å². The third-order valence-electron chi connectivity index (χ3n) is 3.78. The summed E-state index contributed by atoms with van der Waals surface area (Å²) in [6.07, 6.45) is 2.41. The number of hydrogen-bond donors (Lipinski definition) is 1. The minimum absolute atomic E-state index is 0.0710. The number of benzene rings is 1. The van der Waals surface area contributed by atoms with Crippen molar-refractivity contribution in [2.45, 2.75) is 18.4 Å². The van der Waals surface area contributed by atoms with E-state index >= 15 is 0 Å². The molecule has 1 heterocycles. The van der Waals surface area contributed by atoms with Gasteiger partial charge in [0.05, 0.1) is 12.6 Å². The number of nitrogens with zero attached hydrogens (tertiary/aromatic N) is 1. The predicted molar refractivity (Wildman–Crippen MR) is 70.5 cm³/mol. The Kier molecular flexibility index (Phi) is 3.69. The summed E-state index contributed by atoms with van der Waals surface area (Å²) in [6.45, 7) is 2.24. The molecule has 0 aromatic heterocycles. The van der Waals surface area contributed by atoms with Gasteiger partial charge in [0, 0.05) is 6.54 Å². The summed E-state index contributed by atoms with van der Waals surface area (Å²) >= 11 is 0. The highest BCUT2D eigenvalue weighted by Gasteiger charge is 2.34. The Morgan fingerprint density at radius 3 is 2.88 bits per heavy atom. The van der Waals surface area contributed by atoms with Crippen molar-refractivity contribution in [3.63, 3.8) is 0 Å². The van der Waals surface area contributed by atoms with Crippen molar-refractivity contribution in [2.24, 2.45) is 0 Å². The van der Waals surface area contributed by atoms with Crippen LogP contribution in [0.4, 0.5) is 0 Å². The zero-order chi connectivity index (χ0) is 12.3. The van der Waals surface area contributed by atoms with Crippen molar-refractivity contribution < 1.29 is 4.74 Å². The van der Waals surface area contributed by atoms with Crippen molar-refractivity contribution in [1.29, 1.82) is 0 Å². The van der Waals surface area contributed by atoms with Gasteiger partial charge in [0.25, 0.3) is 0 Å². The summed E-state index contributed by atoms with van der Waals surface area (Å²) in [7, 11) is 5.96. The maximum atomic E-state index is 5.32. The first kappa shape index (κ1) is 12.4. The van der Waals surface area contributed by atoms with Crippen LogP contribution in [0.3, 0.4) is 0 Å². The highest BCUT2D eigenvalue weighted by atomic mass is 16.5. The molecule has 17 heavy (non-hydrogen) atoms. The molecule has 3 nitrogen and oxygen atoms in total. The molecule has 0 bridgehead atoms. The monoisotopic (exact) mass is 234 g/mol. The normalized spacial score (nSPS) is 25.8. The van der Waals surface area contributed by atoms with E-state index in [0.29, 0.717) is 0 Å². The van der Waals surface area contributed by atoms with E-state index in [9.17, 15) is 0 Å². The fourth-order valence-corrected chi connectivity index (χ4v) is 2.77. The molecule has 1 aromatic rings. The van der Waals surface area contributed by atoms with Gasteiger partial charge >= 0.3 is 0 Å². The summed E-state index contributed by atoms with van der Waals surface area (Å²) in [4.78, 5) is 2.39. The molecular formula is C14H22N2O. The van der Waals surface area contributed by atoms with Gasteiger partial charge in [0.1, 0.15) is 5.75 Å². The molecule has 1 atom stereocenters. The molecule has 2 rings (SSSR count). The van der Waals surface area contributed by atoms with Crippen LogP contribution in [-0.4, -0.2) is 39.2 Å². The molecule has 94 valence electrons. The summed E-state index contributed by atoms with van der Waals surface area (Å²) in [5.41, 5.74) is 1.40. The summed E-state index contributed by atoms with van der Waals surface area (Å²) in [5.74, 6) is 0.936. The molecular weight excluding hydrogens is 212 g/mol. The van der Waals surface area contributed by atoms with Crippen molar-refractivity contribution in [3.05, 3.63) is 29.8 Å². The fraction of sp³-hybridized carbons (Fsp3) is 0.571. The molecule has 0 spiro atoms. The number of nitrogens with one attached hydrogen (secondary N) is 1. The molecule has 1 N–H and O–H groups in total. The molecule has 0 saturated carbocycles. The number of rotatable bonds is 3. The van der Waals surface area contributed by atoms with E-state index in [1.165, 1.54) is 24.9 Å². The Morgan fingerprint density at radius 1 is 1.41 bits per heavy atom. The van der Waals surface area contributed by atoms with Gasteiger partial charge in [-0.2, -0.15) is 0 Å². The molecule has 1 aromatic carbocycles. The van der Waals surface area contributed by atoms with E-state index in [4.69, 9.17) is 4.74 Å².